The molecule has 0 aliphatic heterocycles. The molecule has 2 nitrogen and oxygen atoms in total. The molecule has 122 valence electrons. The monoisotopic (exact) mass is 318 g/mol. The highest BCUT2D eigenvalue weighted by Gasteiger charge is 2.17. The summed E-state index contributed by atoms with van der Waals surface area (Å²) in [6.45, 7) is 15.8. The first-order valence-corrected chi connectivity index (χ1v) is 11.6. The number of hydrogen-bond donors (Lipinski definition) is 0. The van der Waals surface area contributed by atoms with Gasteiger partial charge in [-0.25, -0.2) is 0 Å². The van der Waals surface area contributed by atoms with Crippen LogP contribution in [0.5, 0.6) is 5.75 Å². The first-order valence-electron chi connectivity index (χ1n) is 7.86. The van der Waals surface area contributed by atoms with E-state index in [-0.39, 0.29) is 6.10 Å². The van der Waals surface area contributed by atoms with Gasteiger partial charge in [-0.15, -0.1) is 13.2 Å². The standard InChI is InChI=1S/C19H30O2Si/c1-7-8-19(13-16(2)15-22(4,5)6)21-14-17-9-11-18(20-3)12-10-17/h7,9-12,19H,1-2,8,13-15H2,3-6H3/t19-/m0/s1. The molecule has 1 atom stereocenters. The largest absolute Gasteiger partial charge is 0.497 e. The van der Waals surface area contributed by atoms with Crippen molar-refractivity contribution in [2.75, 3.05) is 7.11 Å². The van der Waals surface area contributed by atoms with Crippen molar-refractivity contribution in [3.63, 3.8) is 0 Å². The van der Waals surface area contributed by atoms with Crippen LogP contribution in [0.25, 0.3) is 0 Å². The van der Waals surface area contributed by atoms with Crippen LogP contribution in [0.15, 0.2) is 49.1 Å². The lowest BCUT2D eigenvalue weighted by Crippen LogP contribution is -2.22. The second-order valence-corrected chi connectivity index (χ2v) is 12.5. The van der Waals surface area contributed by atoms with E-state index in [4.69, 9.17) is 9.47 Å². The second kappa shape index (κ2) is 8.96. The first kappa shape index (κ1) is 18.7. The second-order valence-electron chi connectivity index (χ2n) is 7.00. The molecule has 0 saturated heterocycles. The van der Waals surface area contributed by atoms with Crippen molar-refractivity contribution in [3.05, 3.63) is 54.6 Å². The Kier molecular flexibility index (Phi) is 7.63. The van der Waals surface area contributed by atoms with Crippen LogP contribution in [-0.4, -0.2) is 21.3 Å². The van der Waals surface area contributed by atoms with Crippen molar-refractivity contribution in [1.82, 2.24) is 0 Å². The van der Waals surface area contributed by atoms with E-state index in [1.165, 1.54) is 5.57 Å². The third-order valence-electron chi connectivity index (χ3n) is 3.37. The van der Waals surface area contributed by atoms with E-state index in [1.807, 2.05) is 30.3 Å². The van der Waals surface area contributed by atoms with Gasteiger partial charge in [0.2, 0.25) is 0 Å². The molecule has 1 aromatic rings. The van der Waals surface area contributed by atoms with Crippen LogP contribution in [-0.2, 0) is 11.3 Å². The quantitative estimate of drug-likeness (QED) is 0.422. The minimum Gasteiger partial charge on any atom is -0.497 e. The number of rotatable bonds is 10. The minimum atomic E-state index is -1.10. The fourth-order valence-electron chi connectivity index (χ4n) is 2.48. The van der Waals surface area contributed by atoms with Crippen LogP contribution in [0.4, 0.5) is 0 Å². The summed E-state index contributed by atoms with van der Waals surface area (Å²) >= 11 is 0. The zero-order valence-electron chi connectivity index (χ0n) is 14.5. The summed E-state index contributed by atoms with van der Waals surface area (Å²) in [4.78, 5) is 0. The number of benzene rings is 1. The summed E-state index contributed by atoms with van der Waals surface area (Å²) in [5.74, 6) is 0.870. The van der Waals surface area contributed by atoms with Crippen molar-refractivity contribution < 1.29 is 9.47 Å². The average molecular weight is 319 g/mol. The number of hydrogen-bond acceptors (Lipinski definition) is 2. The Morgan fingerprint density at radius 3 is 2.36 bits per heavy atom. The van der Waals surface area contributed by atoms with Crippen molar-refractivity contribution in [2.45, 2.75) is 51.2 Å². The molecule has 0 heterocycles. The summed E-state index contributed by atoms with van der Waals surface area (Å²) in [7, 11) is 0.574. The Labute approximate surface area is 136 Å². The summed E-state index contributed by atoms with van der Waals surface area (Å²) in [6.07, 6.45) is 3.89. The SMILES string of the molecule is C=CC[C@@H](CC(=C)C[Si](C)(C)C)OCc1ccc(OC)cc1. The van der Waals surface area contributed by atoms with E-state index < -0.39 is 8.07 Å². The molecular formula is C19H30O2Si. The summed E-state index contributed by atoms with van der Waals surface area (Å²) < 4.78 is 11.2. The van der Waals surface area contributed by atoms with Gasteiger partial charge in [-0.1, -0.05) is 43.4 Å². The first-order chi connectivity index (χ1) is 10.3. The van der Waals surface area contributed by atoms with Gasteiger partial charge in [0.05, 0.1) is 19.8 Å². The van der Waals surface area contributed by atoms with Crippen molar-refractivity contribution in [3.8, 4) is 5.75 Å². The fourth-order valence-corrected chi connectivity index (χ4v) is 4.12. The molecular weight excluding hydrogens is 288 g/mol. The van der Waals surface area contributed by atoms with Crippen LogP contribution in [0.3, 0.4) is 0 Å². The zero-order chi connectivity index (χ0) is 16.6. The lowest BCUT2D eigenvalue weighted by molar-refractivity contribution is 0.0430. The molecule has 0 aliphatic carbocycles. The third kappa shape index (κ3) is 7.62. The van der Waals surface area contributed by atoms with E-state index in [0.717, 1.165) is 30.2 Å². The Morgan fingerprint density at radius 1 is 1.23 bits per heavy atom. The predicted molar refractivity (Wildman–Crippen MR) is 98.3 cm³/mol. The number of methoxy groups -OCH3 is 1. The normalized spacial score (nSPS) is 12.7. The van der Waals surface area contributed by atoms with Gasteiger partial charge in [-0.3, -0.25) is 0 Å². The summed E-state index contributed by atoms with van der Waals surface area (Å²) in [5, 5.41) is 0. The molecule has 0 amide bonds. The van der Waals surface area contributed by atoms with Gasteiger partial charge in [-0.05, 0) is 36.6 Å². The van der Waals surface area contributed by atoms with E-state index in [1.54, 1.807) is 7.11 Å². The van der Waals surface area contributed by atoms with Crippen molar-refractivity contribution in [2.24, 2.45) is 0 Å². The lowest BCUT2D eigenvalue weighted by atomic mass is 10.1. The molecule has 0 N–H and O–H groups in total. The van der Waals surface area contributed by atoms with E-state index in [2.05, 4.69) is 32.8 Å². The van der Waals surface area contributed by atoms with Crippen molar-refractivity contribution >= 4 is 8.07 Å². The molecule has 0 saturated carbocycles. The topological polar surface area (TPSA) is 18.5 Å². The molecule has 0 aliphatic rings. The summed E-state index contributed by atoms with van der Waals surface area (Å²) in [5.41, 5.74) is 2.46. The Balaban J connectivity index is 2.52. The third-order valence-corrected chi connectivity index (χ3v) is 4.93. The highest BCUT2D eigenvalue weighted by atomic mass is 28.3. The molecule has 1 rings (SSSR count). The molecule has 0 bridgehead atoms. The van der Waals surface area contributed by atoms with Gasteiger partial charge in [0.1, 0.15) is 5.75 Å². The highest BCUT2D eigenvalue weighted by molar-refractivity contribution is 6.76. The summed E-state index contributed by atoms with van der Waals surface area (Å²) in [6, 6.07) is 9.17. The van der Waals surface area contributed by atoms with E-state index in [9.17, 15) is 0 Å². The van der Waals surface area contributed by atoms with E-state index in [0.29, 0.717) is 6.61 Å². The van der Waals surface area contributed by atoms with E-state index >= 15 is 0 Å². The van der Waals surface area contributed by atoms with Crippen LogP contribution >= 0.6 is 0 Å². The molecule has 0 fully saturated rings. The number of ether oxygens (including phenoxy) is 2. The van der Waals surface area contributed by atoms with Crippen LogP contribution in [0.2, 0.25) is 25.7 Å². The molecule has 22 heavy (non-hydrogen) atoms. The smallest absolute Gasteiger partial charge is 0.118 e. The predicted octanol–water partition coefficient (Wildman–Crippen LogP) is 5.44. The maximum Gasteiger partial charge on any atom is 0.118 e. The van der Waals surface area contributed by atoms with Crippen molar-refractivity contribution in [1.29, 1.82) is 0 Å². The zero-order valence-corrected chi connectivity index (χ0v) is 15.5. The van der Waals surface area contributed by atoms with Crippen LogP contribution in [0, 0.1) is 0 Å². The van der Waals surface area contributed by atoms with Gasteiger partial charge >= 0.3 is 0 Å². The molecule has 0 radical (unpaired) electrons. The highest BCUT2D eigenvalue weighted by Crippen LogP contribution is 2.22. The van der Waals surface area contributed by atoms with Gasteiger partial charge in [0.15, 0.2) is 0 Å². The Morgan fingerprint density at radius 2 is 1.86 bits per heavy atom. The van der Waals surface area contributed by atoms with Gasteiger partial charge < -0.3 is 9.47 Å². The minimum absolute atomic E-state index is 0.170. The Bertz CT molecular complexity index is 471. The lowest BCUT2D eigenvalue weighted by Gasteiger charge is -2.22. The van der Waals surface area contributed by atoms with Crippen LogP contribution < -0.4 is 4.74 Å². The van der Waals surface area contributed by atoms with Crippen LogP contribution in [0.1, 0.15) is 18.4 Å². The van der Waals surface area contributed by atoms with Gasteiger partial charge in [0.25, 0.3) is 0 Å². The Hall–Kier alpha value is -1.32. The molecule has 1 aromatic carbocycles. The average Bonchev–Trinajstić information content (AvgIpc) is 2.43. The maximum absolute atomic E-state index is 6.07. The molecule has 0 unspecified atom stereocenters. The fraction of sp³-hybridized carbons (Fsp3) is 0.474. The molecule has 0 spiro atoms. The van der Waals surface area contributed by atoms with Gasteiger partial charge in [0, 0.05) is 8.07 Å². The molecule has 3 heteroatoms. The maximum atomic E-state index is 6.07. The molecule has 0 aromatic heterocycles. The van der Waals surface area contributed by atoms with Gasteiger partial charge in [-0.2, -0.15) is 0 Å².